The van der Waals surface area contributed by atoms with Gasteiger partial charge in [0.2, 0.25) is 0 Å². The number of nitrogens with zero attached hydrogens (tertiary/aromatic N) is 1. The Labute approximate surface area is 82.9 Å². The summed E-state index contributed by atoms with van der Waals surface area (Å²) in [6, 6.07) is 0.535. The molecule has 5 heteroatoms. The van der Waals surface area contributed by atoms with Crippen molar-refractivity contribution in [1.29, 1.82) is 0 Å². The van der Waals surface area contributed by atoms with Gasteiger partial charge in [0, 0.05) is 6.04 Å². The van der Waals surface area contributed by atoms with Crippen molar-refractivity contribution in [2.75, 3.05) is 5.32 Å². The highest BCUT2D eigenvalue weighted by molar-refractivity contribution is 14.1. The van der Waals surface area contributed by atoms with Crippen LogP contribution in [0.3, 0.4) is 0 Å². The van der Waals surface area contributed by atoms with Gasteiger partial charge in [0.1, 0.15) is 9.39 Å². The first kappa shape index (κ1) is 8.03. The predicted molar refractivity (Wildman–Crippen MR) is 54.2 cm³/mol. The van der Waals surface area contributed by atoms with Gasteiger partial charge in [-0.15, -0.1) is 0 Å². The van der Waals surface area contributed by atoms with E-state index in [2.05, 4.69) is 15.3 Å². The second-order valence-corrected chi connectivity index (χ2v) is 3.89. The van der Waals surface area contributed by atoms with Crippen molar-refractivity contribution in [3.63, 3.8) is 0 Å². The van der Waals surface area contributed by atoms with E-state index in [0.29, 0.717) is 15.4 Å². The fourth-order valence-corrected chi connectivity index (χ4v) is 1.36. The van der Waals surface area contributed by atoms with Gasteiger partial charge < -0.3 is 10.3 Å². The number of nitrogens with one attached hydrogen (secondary N) is 2. The van der Waals surface area contributed by atoms with Crippen LogP contribution in [0.15, 0.2) is 11.1 Å². The number of H-pyrrole nitrogens is 1. The Morgan fingerprint density at radius 2 is 2.42 bits per heavy atom. The van der Waals surface area contributed by atoms with Gasteiger partial charge in [-0.2, -0.15) is 0 Å². The fourth-order valence-electron chi connectivity index (χ4n) is 0.905. The summed E-state index contributed by atoms with van der Waals surface area (Å²) < 4.78 is 0.641. The third kappa shape index (κ3) is 1.60. The van der Waals surface area contributed by atoms with E-state index in [0.717, 1.165) is 0 Å². The molecule has 0 amide bonds. The molecule has 0 saturated heterocycles. The summed E-state index contributed by atoms with van der Waals surface area (Å²) in [7, 11) is 0. The van der Waals surface area contributed by atoms with Gasteiger partial charge >= 0.3 is 0 Å². The lowest BCUT2D eigenvalue weighted by atomic mass is 10.5. The van der Waals surface area contributed by atoms with Crippen molar-refractivity contribution in [3.05, 3.63) is 20.3 Å². The highest BCUT2D eigenvalue weighted by atomic mass is 127. The Kier molecular flexibility index (Phi) is 2.03. The lowest BCUT2D eigenvalue weighted by Gasteiger charge is -2.03. The monoisotopic (exact) mass is 277 g/mol. The predicted octanol–water partition coefficient (Wildman–Crippen LogP) is 0.949. The first-order chi connectivity index (χ1) is 5.77. The van der Waals surface area contributed by atoms with E-state index in [4.69, 9.17) is 0 Å². The van der Waals surface area contributed by atoms with Gasteiger partial charge in [-0.05, 0) is 35.4 Å². The highest BCUT2D eigenvalue weighted by Crippen LogP contribution is 2.24. The molecule has 0 radical (unpaired) electrons. The SMILES string of the molecule is O=c1[nH]cnc(NC2CC2)c1I. The minimum absolute atomic E-state index is 0.0752. The standard InChI is InChI=1S/C7H8IN3O/c8-5-6(11-4-1-2-4)9-3-10-7(5)12/h3-4H,1-2H2,(H2,9,10,11,12). The van der Waals surface area contributed by atoms with Crippen LogP contribution >= 0.6 is 22.6 Å². The number of hydrogen-bond donors (Lipinski definition) is 2. The van der Waals surface area contributed by atoms with Crippen LogP contribution in [-0.4, -0.2) is 16.0 Å². The van der Waals surface area contributed by atoms with Crippen LogP contribution in [0.5, 0.6) is 0 Å². The summed E-state index contributed by atoms with van der Waals surface area (Å²) in [5, 5.41) is 3.19. The first-order valence-corrected chi connectivity index (χ1v) is 4.85. The van der Waals surface area contributed by atoms with Gasteiger partial charge in [-0.3, -0.25) is 4.79 Å². The zero-order valence-corrected chi connectivity index (χ0v) is 8.46. The molecule has 12 heavy (non-hydrogen) atoms. The molecule has 0 aliphatic heterocycles. The molecule has 1 aromatic rings. The van der Waals surface area contributed by atoms with Crippen molar-refractivity contribution in [2.45, 2.75) is 18.9 Å². The fraction of sp³-hybridized carbons (Fsp3) is 0.429. The normalized spacial score (nSPS) is 16.1. The van der Waals surface area contributed by atoms with Gasteiger partial charge in [0.25, 0.3) is 5.56 Å². The quantitative estimate of drug-likeness (QED) is 0.791. The van der Waals surface area contributed by atoms with Gasteiger partial charge in [0.05, 0.1) is 6.33 Å². The zero-order valence-electron chi connectivity index (χ0n) is 6.30. The van der Waals surface area contributed by atoms with E-state index in [1.165, 1.54) is 19.2 Å². The Balaban J connectivity index is 2.29. The maximum Gasteiger partial charge on any atom is 0.266 e. The summed E-state index contributed by atoms with van der Waals surface area (Å²) >= 11 is 2.00. The molecule has 2 N–H and O–H groups in total. The van der Waals surface area contributed by atoms with E-state index >= 15 is 0 Å². The number of aromatic amines is 1. The van der Waals surface area contributed by atoms with Crippen molar-refractivity contribution >= 4 is 28.4 Å². The molecule has 0 aromatic carbocycles. The smallest absolute Gasteiger partial charge is 0.266 e. The molecule has 1 saturated carbocycles. The number of halogens is 1. The second-order valence-electron chi connectivity index (χ2n) is 2.81. The van der Waals surface area contributed by atoms with Gasteiger partial charge in [-0.25, -0.2) is 4.98 Å². The molecular formula is C7H8IN3O. The lowest BCUT2D eigenvalue weighted by molar-refractivity contribution is 1.05. The number of rotatable bonds is 2. The van der Waals surface area contributed by atoms with Crippen molar-refractivity contribution in [2.24, 2.45) is 0 Å². The third-order valence-electron chi connectivity index (χ3n) is 1.71. The average molecular weight is 277 g/mol. The molecule has 1 fully saturated rings. The van der Waals surface area contributed by atoms with Crippen molar-refractivity contribution in [3.8, 4) is 0 Å². The minimum atomic E-state index is -0.0752. The Bertz CT molecular complexity index is 345. The number of aromatic nitrogens is 2. The van der Waals surface area contributed by atoms with E-state index in [1.807, 2.05) is 22.6 Å². The summed E-state index contributed by atoms with van der Waals surface area (Å²) in [5.74, 6) is 0.710. The molecule has 64 valence electrons. The summed E-state index contributed by atoms with van der Waals surface area (Å²) in [6.07, 6.45) is 3.80. The zero-order chi connectivity index (χ0) is 8.55. The van der Waals surface area contributed by atoms with E-state index in [-0.39, 0.29) is 5.56 Å². The number of anilines is 1. The molecule has 1 aromatic heterocycles. The van der Waals surface area contributed by atoms with Crippen LogP contribution in [0.1, 0.15) is 12.8 Å². The van der Waals surface area contributed by atoms with Crippen LogP contribution in [0.25, 0.3) is 0 Å². The first-order valence-electron chi connectivity index (χ1n) is 3.77. The molecular weight excluding hydrogens is 269 g/mol. The number of hydrogen-bond acceptors (Lipinski definition) is 3. The van der Waals surface area contributed by atoms with Crippen molar-refractivity contribution in [1.82, 2.24) is 9.97 Å². The van der Waals surface area contributed by atoms with E-state index < -0.39 is 0 Å². The summed E-state index contributed by atoms with van der Waals surface area (Å²) in [5.41, 5.74) is -0.0752. The van der Waals surface area contributed by atoms with E-state index in [9.17, 15) is 4.79 Å². The summed E-state index contributed by atoms with van der Waals surface area (Å²) in [4.78, 5) is 17.7. The molecule has 0 unspecified atom stereocenters. The topological polar surface area (TPSA) is 57.8 Å². The maximum atomic E-state index is 11.1. The molecule has 1 aliphatic rings. The largest absolute Gasteiger partial charge is 0.366 e. The minimum Gasteiger partial charge on any atom is -0.366 e. The van der Waals surface area contributed by atoms with Gasteiger partial charge in [0.15, 0.2) is 0 Å². The molecule has 0 bridgehead atoms. The Hall–Kier alpha value is -0.590. The maximum absolute atomic E-state index is 11.1. The molecule has 0 spiro atoms. The van der Waals surface area contributed by atoms with E-state index in [1.54, 1.807) is 0 Å². The molecule has 2 rings (SSSR count). The Morgan fingerprint density at radius 1 is 1.67 bits per heavy atom. The Morgan fingerprint density at radius 3 is 3.08 bits per heavy atom. The summed E-state index contributed by atoms with van der Waals surface area (Å²) in [6.45, 7) is 0. The van der Waals surface area contributed by atoms with Gasteiger partial charge in [-0.1, -0.05) is 0 Å². The molecule has 1 heterocycles. The molecule has 1 aliphatic carbocycles. The van der Waals surface area contributed by atoms with Crippen LogP contribution < -0.4 is 10.9 Å². The second kappa shape index (κ2) is 3.04. The molecule has 0 atom stereocenters. The third-order valence-corrected chi connectivity index (χ3v) is 2.72. The van der Waals surface area contributed by atoms with Crippen molar-refractivity contribution < 1.29 is 0 Å². The van der Waals surface area contributed by atoms with Crippen LogP contribution in [0, 0.1) is 3.57 Å². The van der Waals surface area contributed by atoms with Crippen LogP contribution in [0.2, 0.25) is 0 Å². The highest BCUT2D eigenvalue weighted by Gasteiger charge is 2.22. The average Bonchev–Trinajstić information content (AvgIpc) is 2.83. The van der Waals surface area contributed by atoms with Crippen LogP contribution in [-0.2, 0) is 0 Å². The van der Waals surface area contributed by atoms with Crippen LogP contribution in [0.4, 0.5) is 5.82 Å². The molecule has 4 nitrogen and oxygen atoms in total. The lowest BCUT2D eigenvalue weighted by Crippen LogP contribution is -2.15.